The predicted molar refractivity (Wildman–Crippen MR) is 64.2 cm³/mol. The number of methoxy groups -OCH3 is 2. The molecule has 19 heavy (non-hydrogen) atoms. The minimum atomic E-state index is -0.395. The fraction of sp³-hybridized carbons (Fsp3) is 0.667. The zero-order valence-corrected chi connectivity index (χ0v) is 11.6. The summed E-state index contributed by atoms with van der Waals surface area (Å²) in [6, 6.07) is 0. The van der Waals surface area contributed by atoms with Gasteiger partial charge in [0.05, 0.1) is 12.3 Å². The number of aromatic nitrogens is 6. The largest absolute Gasteiger partial charge is 0.354 e. The van der Waals surface area contributed by atoms with E-state index in [4.69, 9.17) is 14.0 Å². The second kappa shape index (κ2) is 6.59. The van der Waals surface area contributed by atoms with E-state index >= 15 is 0 Å². The smallest absolute Gasteiger partial charge is 0.237 e. The quantitative estimate of drug-likeness (QED) is 0.524. The van der Waals surface area contributed by atoms with Crippen LogP contribution in [0.1, 0.15) is 11.7 Å². The zero-order chi connectivity index (χ0) is 13.7. The van der Waals surface area contributed by atoms with Crippen LogP contribution in [0.2, 0.25) is 0 Å². The van der Waals surface area contributed by atoms with Gasteiger partial charge in [0.1, 0.15) is 0 Å². The van der Waals surface area contributed by atoms with Crippen LogP contribution in [0.4, 0.5) is 0 Å². The minimum Gasteiger partial charge on any atom is -0.354 e. The average molecular weight is 286 g/mol. The molecule has 2 aromatic heterocycles. The van der Waals surface area contributed by atoms with Crippen molar-refractivity contribution in [1.29, 1.82) is 0 Å². The highest BCUT2D eigenvalue weighted by Crippen LogP contribution is 2.19. The Morgan fingerprint density at radius 1 is 1.37 bits per heavy atom. The normalized spacial score (nSPS) is 11.4. The number of hydrogen-bond acceptors (Lipinski definition) is 9. The van der Waals surface area contributed by atoms with Gasteiger partial charge in [0.25, 0.3) is 0 Å². The molecular weight excluding hydrogens is 272 g/mol. The molecule has 0 aromatic carbocycles. The molecule has 0 amide bonds. The molecule has 0 aliphatic heterocycles. The van der Waals surface area contributed by atoms with E-state index in [1.807, 2.05) is 0 Å². The summed E-state index contributed by atoms with van der Waals surface area (Å²) in [6.07, 6.45) is -0.395. The highest BCUT2D eigenvalue weighted by molar-refractivity contribution is 7.98. The fourth-order valence-corrected chi connectivity index (χ4v) is 2.05. The predicted octanol–water partition coefficient (Wildman–Crippen LogP) is 0.276. The van der Waals surface area contributed by atoms with Crippen LogP contribution in [0, 0.1) is 6.92 Å². The first-order chi connectivity index (χ1) is 9.22. The second-order valence-electron chi connectivity index (χ2n) is 3.57. The van der Waals surface area contributed by atoms with Crippen LogP contribution >= 0.6 is 11.8 Å². The average Bonchev–Trinajstić information content (AvgIpc) is 3.02. The number of tetrazole rings is 1. The molecule has 2 heterocycles. The Bertz CT molecular complexity index is 512. The maximum Gasteiger partial charge on any atom is 0.237 e. The SMILES string of the molecule is COC(Cn1nnnc1SCc1nc(C)no1)OC. The molecule has 10 heteroatoms. The van der Waals surface area contributed by atoms with Gasteiger partial charge in [0, 0.05) is 14.2 Å². The van der Waals surface area contributed by atoms with E-state index in [9.17, 15) is 0 Å². The first-order valence-corrected chi connectivity index (χ1v) is 6.45. The molecule has 0 saturated heterocycles. The van der Waals surface area contributed by atoms with E-state index in [1.165, 1.54) is 11.8 Å². The number of aryl methyl sites for hydroxylation is 1. The van der Waals surface area contributed by atoms with Crippen LogP contribution in [0.25, 0.3) is 0 Å². The van der Waals surface area contributed by atoms with Crippen molar-refractivity contribution >= 4 is 11.8 Å². The highest BCUT2D eigenvalue weighted by atomic mass is 32.2. The van der Waals surface area contributed by atoms with Gasteiger partial charge in [-0.25, -0.2) is 4.68 Å². The third kappa shape index (κ3) is 3.72. The van der Waals surface area contributed by atoms with Crippen LogP contribution in [-0.2, 0) is 21.8 Å². The van der Waals surface area contributed by atoms with E-state index in [-0.39, 0.29) is 0 Å². The lowest BCUT2D eigenvalue weighted by Crippen LogP contribution is -2.21. The van der Waals surface area contributed by atoms with Crippen LogP contribution < -0.4 is 0 Å². The monoisotopic (exact) mass is 286 g/mol. The van der Waals surface area contributed by atoms with Crippen molar-refractivity contribution in [2.24, 2.45) is 0 Å². The first kappa shape index (κ1) is 13.9. The topological polar surface area (TPSA) is 101 Å². The Hall–Kier alpha value is -1.52. The number of hydrogen-bond donors (Lipinski definition) is 0. The van der Waals surface area contributed by atoms with Gasteiger partial charge in [-0.1, -0.05) is 16.9 Å². The Kier molecular flexibility index (Phi) is 4.82. The maximum absolute atomic E-state index is 5.11. The molecule has 0 aliphatic carbocycles. The molecule has 0 saturated carbocycles. The zero-order valence-electron chi connectivity index (χ0n) is 10.8. The number of nitrogens with zero attached hydrogens (tertiary/aromatic N) is 6. The molecule has 2 aromatic rings. The molecule has 9 nitrogen and oxygen atoms in total. The fourth-order valence-electron chi connectivity index (χ4n) is 1.33. The molecule has 0 unspecified atom stereocenters. The lowest BCUT2D eigenvalue weighted by atomic mass is 10.6. The molecular formula is C9H14N6O3S. The van der Waals surface area contributed by atoms with Crippen molar-refractivity contribution in [2.75, 3.05) is 14.2 Å². The van der Waals surface area contributed by atoms with E-state index in [1.54, 1.807) is 25.8 Å². The van der Waals surface area contributed by atoms with Gasteiger partial charge in [0.2, 0.25) is 11.0 Å². The third-order valence-electron chi connectivity index (χ3n) is 2.24. The van der Waals surface area contributed by atoms with Gasteiger partial charge in [-0.05, 0) is 17.4 Å². The van der Waals surface area contributed by atoms with E-state index in [2.05, 4.69) is 25.7 Å². The molecule has 0 N–H and O–H groups in total. The van der Waals surface area contributed by atoms with Gasteiger partial charge in [-0.2, -0.15) is 4.98 Å². The Morgan fingerprint density at radius 3 is 2.79 bits per heavy atom. The van der Waals surface area contributed by atoms with Crippen molar-refractivity contribution < 1.29 is 14.0 Å². The number of ether oxygens (including phenoxy) is 2. The van der Waals surface area contributed by atoms with Crippen molar-refractivity contribution in [3.63, 3.8) is 0 Å². The van der Waals surface area contributed by atoms with Gasteiger partial charge >= 0.3 is 0 Å². The lowest BCUT2D eigenvalue weighted by Gasteiger charge is -2.13. The van der Waals surface area contributed by atoms with Gasteiger partial charge in [-0.3, -0.25) is 0 Å². The summed E-state index contributed by atoms with van der Waals surface area (Å²) in [5, 5.41) is 15.8. The van der Waals surface area contributed by atoms with Gasteiger partial charge in [0.15, 0.2) is 12.1 Å². The lowest BCUT2D eigenvalue weighted by molar-refractivity contribution is -0.113. The Morgan fingerprint density at radius 2 is 2.16 bits per heavy atom. The summed E-state index contributed by atoms with van der Waals surface area (Å²) < 4.78 is 16.8. The summed E-state index contributed by atoms with van der Waals surface area (Å²) in [6.45, 7) is 2.18. The summed E-state index contributed by atoms with van der Waals surface area (Å²) >= 11 is 1.40. The van der Waals surface area contributed by atoms with E-state index in [0.717, 1.165) is 0 Å². The molecule has 0 spiro atoms. The van der Waals surface area contributed by atoms with Crippen molar-refractivity contribution in [2.45, 2.75) is 30.7 Å². The Labute approximate surface area is 113 Å². The van der Waals surface area contributed by atoms with Crippen LogP contribution in [0.15, 0.2) is 9.68 Å². The summed E-state index contributed by atoms with van der Waals surface area (Å²) in [5.74, 6) is 1.65. The summed E-state index contributed by atoms with van der Waals surface area (Å²) in [4.78, 5) is 4.11. The van der Waals surface area contributed by atoms with Crippen LogP contribution in [0.3, 0.4) is 0 Å². The number of rotatable bonds is 7. The summed E-state index contributed by atoms with van der Waals surface area (Å²) in [7, 11) is 3.12. The van der Waals surface area contributed by atoms with Gasteiger partial charge in [-0.15, -0.1) is 5.10 Å². The van der Waals surface area contributed by atoms with E-state index < -0.39 is 6.29 Å². The van der Waals surface area contributed by atoms with Crippen molar-refractivity contribution in [3.8, 4) is 0 Å². The molecule has 0 aliphatic rings. The number of thioether (sulfide) groups is 1. The molecule has 104 valence electrons. The van der Waals surface area contributed by atoms with Crippen molar-refractivity contribution in [1.82, 2.24) is 30.3 Å². The molecule has 0 radical (unpaired) electrons. The van der Waals surface area contributed by atoms with Crippen molar-refractivity contribution in [3.05, 3.63) is 11.7 Å². The van der Waals surface area contributed by atoms with Crippen LogP contribution in [0.5, 0.6) is 0 Å². The summed E-state index contributed by atoms with van der Waals surface area (Å²) in [5.41, 5.74) is 0. The van der Waals surface area contributed by atoms with Crippen LogP contribution in [-0.4, -0.2) is 50.9 Å². The Balaban J connectivity index is 1.95. The van der Waals surface area contributed by atoms with Gasteiger partial charge < -0.3 is 14.0 Å². The standard InChI is InChI=1S/C9H14N6O3S/c1-6-10-7(18-12-6)5-19-9-11-13-14-15(9)4-8(16-2)17-3/h8H,4-5H2,1-3H3. The molecule has 0 fully saturated rings. The van der Waals surface area contributed by atoms with E-state index in [0.29, 0.717) is 29.2 Å². The molecule has 0 atom stereocenters. The highest BCUT2D eigenvalue weighted by Gasteiger charge is 2.14. The second-order valence-corrected chi connectivity index (χ2v) is 4.51. The third-order valence-corrected chi connectivity index (χ3v) is 3.18. The first-order valence-electron chi connectivity index (χ1n) is 5.46. The molecule has 2 rings (SSSR count). The molecule has 0 bridgehead atoms. The maximum atomic E-state index is 5.11. The minimum absolute atomic E-state index is 0.395.